The zero-order valence-corrected chi connectivity index (χ0v) is 8.54. The molecule has 1 aromatic carbocycles. The molecule has 3 rings (SSSR count). The highest BCUT2D eigenvalue weighted by Crippen LogP contribution is 2.17. The molecule has 4 nitrogen and oxygen atoms in total. The highest BCUT2D eigenvalue weighted by atomic mass is 15.3. The number of para-hydroxylation sites is 1. The van der Waals surface area contributed by atoms with Crippen molar-refractivity contribution < 1.29 is 0 Å². The van der Waals surface area contributed by atoms with E-state index in [0.717, 1.165) is 16.7 Å². The number of nitrogens with two attached hydrogens (primary N) is 1. The van der Waals surface area contributed by atoms with Crippen LogP contribution in [0.4, 0.5) is 5.69 Å². The van der Waals surface area contributed by atoms with E-state index in [0.29, 0.717) is 5.69 Å². The van der Waals surface area contributed by atoms with Crippen LogP contribution in [-0.2, 0) is 0 Å². The van der Waals surface area contributed by atoms with E-state index in [-0.39, 0.29) is 0 Å². The molecule has 3 aromatic rings. The normalized spacial score (nSPS) is 10.8. The Labute approximate surface area is 92.3 Å². The summed E-state index contributed by atoms with van der Waals surface area (Å²) in [6.45, 7) is 0. The van der Waals surface area contributed by atoms with Crippen LogP contribution in [0.15, 0.2) is 48.8 Å². The van der Waals surface area contributed by atoms with Crippen LogP contribution in [0, 0.1) is 0 Å². The lowest BCUT2D eigenvalue weighted by Gasteiger charge is -2.01. The van der Waals surface area contributed by atoms with Gasteiger partial charge in [0.25, 0.3) is 0 Å². The van der Waals surface area contributed by atoms with Gasteiger partial charge in [-0.15, -0.1) is 0 Å². The Kier molecular flexibility index (Phi) is 1.86. The average molecular weight is 210 g/mol. The summed E-state index contributed by atoms with van der Waals surface area (Å²) >= 11 is 0. The summed E-state index contributed by atoms with van der Waals surface area (Å²) in [4.78, 5) is 4.29. The largest absolute Gasteiger partial charge is 0.397 e. The summed E-state index contributed by atoms with van der Waals surface area (Å²) in [5.41, 5.74) is 8.14. The number of hydrogen-bond donors (Lipinski definition) is 1. The Morgan fingerprint density at radius 1 is 1.06 bits per heavy atom. The van der Waals surface area contributed by atoms with Gasteiger partial charge in [-0.1, -0.05) is 18.2 Å². The maximum absolute atomic E-state index is 5.67. The number of benzene rings is 1. The predicted octanol–water partition coefficient (Wildman–Crippen LogP) is 2.00. The monoisotopic (exact) mass is 210 g/mol. The molecule has 2 N–H and O–H groups in total. The van der Waals surface area contributed by atoms with Gasteiger partial charge in [0, 0.05) is 5.39 Å². The van der Waals surface area contributed by atoms with Gasteiger partial charge in [-0.25, -0.2) is 9.67 Å². The van der Waals surface area contributed by atoms with Gasteiger partial charge in [0.2, 0.25) is 0 Å². The Hall–Kier alpha value is -2.36. The van der Waals surface area contributed by atoms with Gasteiger partial charge in [-0.2, -0.15) is 5.10 Å². The molecule has 2 heterocycles. The molecule has 0 atom stereocenters. The van der Waals surface area contributed by atoms with Crippen LogP contribution in [0.25, 0.3) is 16.7 Å². The second kappa shape index (κ2) is 3.34. The van der Waals surface area contributed by atoms with Crippen molar-refractivity contribution in [2.75, 3.05) is 5.73 Å². The van der Waals surface area contributed by atoms with Crippen LogP contribution in [0.5, 0.6) is 0 Å². The smallest absolute Gasteiger partial charge is 0.163 e. The molecule has 4 heteroatoms. The van der Waals surface area contributed by atoms with Gasteiger partial charge < -0.3 is 5.73 Å². The third-order valence-corrected chi connectivity index (χ3v) is 2.43. The van der Waals surface area contributed by atoms with Crippen LogP contribution in [0.2, 0.25) is 0 Å². The summed E-state index contributed by atoms with van der Waals surface area (Å²) < 4.78 is 1.80. The van der Waals surface area contributed by atoms with Crippen molar-refractivity contribution in [2.24, 2.45) is 0 Å². The van der Waals surface area contributed by atoms with Crippen LogP contribution < -0.4 is 5.73 Å². The summed E-state index contributed by atoms with van der Waals surface area (Å²) in [6.07, 6.45) is 3.41. The molecule has 0 saturated carbocycles. The lowest BCUT2D eigenvalue weighted by Crippen LogP contribution is -1.97. The van der Waals surface area contributed by atoms with E-state index in [9.17, 15) is 0 Å². The first kappa shape index (κ1) is 8.91. The van der Waals surface area contributed by atoms with Gasteiger partial charge in [-0.05, 0) is 18.2 Å². The van der Waals surface area contributed by atoms with Gasteiger partial charge in [-0.3, -0.25) is 0 Å². The molecule has 0 saturated heterocycles. The van der Waals surface area contributed by atoms with E-state index < -0.39 is 0 Å². The summed E-state index contributed by atoms with van der Waals surface area (Å²) in [5.74, 6) is 0. The number of fused-ring (bicyclic) bond motifs is 1. The fraction of sp³-hybridized carbons (Fsp3) is 0. The highest BCUT2D eigenvalue weighted by Gasteiger charge is 2.05. The first-order valence-electron chi connectivity index (χ1n) is 4.99. The average Bonchev–Trinajstić information content (AvgIpc) is 2.73. The third-order valence-electron chi connectivity index (χ3n) is 2.43. The number of aromatic nitrogens is 3. The predicted molar refractivity (Wildman–Crippen MR) is 63.3 cm³/mol. The first-order valence-corrected chi connectivity index (χ1v) is 4.99. The van der Waals surface area contributed by atoms with Crippen LogP contribution in [0.3, 0.4) is 0 Å². The van der Waals surface area contributed by atoms with Crippen molar-refractivity contribution in [1.82, 2.24) is 14.8 Å². The molecular weight excluding hydrogens is 200 g/mol. The molecule has 2 aromatic heterocycles. The Morgan fingerprint density at radius 2 is 1.88 bits per heavy atom. The number of rotatable bonds is 1. The molecule has 0 amide bonds. The Morgan fingerprint density at radius 3 is 2.69 bits per heavy atom. The maximum atomic E-state index is 5.67. The summed E-state index contributed by atoms with van der Waals surface area (Å²) in [6, 6.07) is 11.8. The third kappa shape index (κ3) is 1.32. The Bertz CT molecular complexity index is 628. The highest BCUT2D eigenvalue weighted by molar-refractivity contribution is 5.79. The molecule has 0 spiro atoms. The zero-order chi connectivity index (χ0) is 11.0. The number of nitrogens with zero attached hydrogens (tertiary/aromatic N) is 3. The van der Waals surface area contributed by atoms with Crippen molar-refractivity contribution in [3.63, 3.8) is 0 Å². The molecule has 16 heavy (non-hydrogen) atoms. The van der Waals surface area contributed by atoms with Gasteiger partial charge in [0.1, 0.15) is 0 Å². The molecular formula is C12H10N4. The van der Waals surface area contributed by atoms with E-state index in [1.807, 2.05) is 36.4 Å². The van der Waals surface area contributed by atoms with Gasteiger partial charge >= 0.3 is 0 Å². The van der Waals surface area contributed by atoms with E-state index in [1.165, 1.54) is 0 Å². The van der Waals surface area contributed by atoms with Crippen LogP contribution >= 0.6 is 0 Å². The minimum atomic E-state index is 0.653. The molecule has 0 bridgehead atoms. The van der Waals surface area contributed by atoms with E-state index in [2.05, 4.69) is 10.1 Å². The van der Waals surface area contributed by atoms with E-state index >= 15 is 0 Å². The molecule has 0 fully saturated rings. The number of anilines is 1. The van der Waals surface area contributed by atoms with Gasteiger partial charge in [0.05, 0.1) is 23.8 Å². The van der Waals surface area contributed by atoms with E-state index in [4.69, 9.17) is 5.73 Å². The lowest BCUT2D eigenvalue weighted by molar-refractivity contribution is 0.897. The molecule has 0 radical (unpaired) electrons. The molecule has 78 valence electrons. The second-order valence-corrected chi connectivity index (χ2v) is 3.57. The maximum Gasteiger partial charge on any atom is 0.163 e. The Balaban J connectivity index is 2.26. The fourth-order valence-corrected chi connectivity index (χ4v) is 1.70. The fourth-order valence-electron chi connectivity index (χ4n) is 1.70. The minimum absolute atomic E-state index is 0.653. The molecule has 0 aliphatic rings. The van der Waals surface area contributed by atoms with Crippen LogP contribution in [-0.4, -0.2) is 14.8 Å². The number of pyridine rings is 1. The van der Waals surface area contributed by atoms with Crippen molar-refractivity contribution in [3.8, 4) is 5.69 Å². The SMILES string of the molecule is Nc1cnc2c(cnn2-c2ccccc2)c1. The first-order chi connectivity index (χ1) is 7.84. The minimum Gasteiger partial charge on any atom is -0.397 e. The standard InChI is InChI=1S/C12H10N4/c13-10-6-9-7-15-16(12(9)14-8-10)11-4-2-1-3-5-11/h1-8H,13H2. The quantitative estimate of drug-likeness (QED) is 0.668. The van der Waals surface area contributed by atoms with Gasteiger partial charge in [0.15, 0.2) is 5.65 Å². The zero-order valence-electron chi connectivity index (χ0n) is 8.54. The van der Waals surface area contributed by atoms with Crippen LogP contribution in [0.1, 0.15) is 0 Å². The van der Waals surface area contributed by atoms with Crippen molar-refractivity contribution in [1.29, 1.82) is 0 Å². The molecule has 0 unspecified atom stereocenters. The van der Waals surface area contributed by atoms with Crippen molar-refractivity contribution >= 4 is 16.7 Å². The number of hydrogen-bond acceptors (Lipinski definition) is 3. The topological polar surface area (TPSA) is 56.7 Å². The second-order valence-electron chi connectivity index (χ2n) is 3.57. The summed E-state index contributed by atoms with van der Waals surface area (Å²) in [5, 5.41) is 5.25. The summed E-state index contributed by atoms with van der Waals surface area (Å²) in [7, 11) is 0. The van der Waals surface area contributed by atoms with Crippen molar-refractivity contribution in [2.45, 2.75) is 0 Å². The van der Waals surface area contributed by atoms with Crippen molar-refractivity contribution in [3.05, 3.63) is 48.8 Å². The molecule has 0 aliphatic heterocycles. The van der Waals surface area contributed by atoms with E-state index in [1.54, 1.807) is 17.1 Å². The number of nitrogen functional groups attached to an aromatic ring is 1. The lowest BCUT2D eigenvalue weighted by atomic mass is 10.3. The molecule has 0 aliphatic carbocycles.